The SMILES string of the molecule is O=C1OCCN1C(=O)C1CC=C(c2ccccc2)CC1. The van der Waals surface area contributed by atoms with Crippen molar-refractivity contribution in [2.75, 3.05) is 13.2 Å². The zero-order chi connectivity index (χ0) is 13.9. The van der Waals surface area contributed by atoms with Gasteiger partial charge in [-0.1, -0.05) is 36.4 Å². The summed E-state index contributed by atoms with van der Waals surface area (Å²) in [6.45, 7) is 0.714. The highest BCUT2D eigenvalue weighted by atomic mass is 16.6. The first-order chi connectivity index (χ1) is 9.75. The average Bonchev–Trinajstić information content (AvgIpc) is 2.94. The molecule has 20 heavy (non-hydrogen) atoms. The lowest BCUT2D eigenvalue weighted by atomic mass is 9.86. The summed E-state index contributed by atoms with van der Waals surface area (Å²) in [6, 6.07) is 10.2. The van der Waals surface area contributed by atoms with Gasteiger partial charge < -0.3 is 4.74 Å². The molecule has 1 saturated heterocycles. The van der Waals surface area contributed by atoms with Crippen molar-refractivity contribution in [3.8, 4) is 0 Å². The Labute approximate surface area is 118 Å². The van der Waals surface area contributed by atoms with Crippen LogP contribution in [0, 0.1) is 5.92 Å². The molecule has 0 N–H and O–H groups in total. The first-order valence-electron chi connectivity index (χ1n) is 6.98. The predicted molar refractivity (Wildman–Crippen MR) is 74.8 cm³/mol. The van der Waals surface area contributed by atoms with Gasteiger partial charge in [0.05, 0.1) is 6.54 Å². The second-order valence-corrected chi connectivity index (χ2v) is 5.17. The molecule has 1 aromatic carbocycles. The number of rotatable bonds is 2. The number of cyclic esters (lactones) is 1. The van der Waals surface area contributed by atoms with Gasteiger partial charge in [0.1, 0.15) is 6.61 Å². The molecule has 0 saturated carbocycles. The molecule has 0 bridgehead atoms. The minimum atomic E-state index is -0.493. The molecule has 1 aromatic rings. The number of carbonyl (C=O) groups is 2. The van der Waals surface area contributed by atoms with Gasteiger partial charge in [0.2, 0.25) is 5.91 Å². The van der Waals surface area contributed by atoms with E-state index in [9.17, 15) is 9.59 Å². The molecule has 1 aliphatic carbocycles. The third kappa shape index (κ3) is 2.46. The van der Waals surface area contributed by atoms with Crippen LogP contribution in [-0.4, -0.2) is 30.1 Å². The molecule has 4 heteroatoms. The van der Waals surface area contributed by atoms with Crippen LogP contribution in [0.3, 0.4) is 0 Å². The predicted octanol–water partition coefficient (Wildman–Crippen LogP) is 2.85. The second kappa shape index (κ2) is 5.49. The lowest BCUT2D eigenvalue weighted by molar-refractivity contribution is -0.132. The largest absolute Gasteiger partial charge is 0.447 e. The molecule has 2 amide bonds. The fraction of sp³-hybridized carbons (Fsp3) is 0.375. The molecule has 3 rings (SSSR count). The van der Waals surface area contributed by atoms with Crippen molar-refractivity contribution in [1.82, 2.24) is 4.90 Å². The van der Waals surface area contributed by atoms with Gasteiger partial charge in [0, 0.05) is 5.92 Å². The number of hydrogen-bond acceptors (Lipinski definition) is 3. The van der Waals surface area contributed by atoms with E-state index in [2.05, 4.69) is 18.2 Å². The summed E-state index contributed by atoms with van der Waals surface area (Å²) in [6.07, 6.45) is 4.01. The maximum Gasteiger partial charge on any atom is 0.416 e. The first-order valence-corrected chi connectivity index (χ1v) is 6.98. The molecular formula is C16H17NO3. The summed E-state index contributed by atoms with van der Waals surface area (Å²) >= 11 is 0. The average molecular weight is 271 g/mol. The van der Waals surface area contributed by atoms with E-state index in [1.807, 2.05) is 18.2 Å². The van der Waals surface area contributed by atoms with Gasteiger partial charge in [0.25, 0.3) is 0 Å². The lowest BCUT2D eigenvalue weighted by Crippen LogP contribution is -2.37. The van der Waals surface area contributed by atoms with Crippen molar-refractivity contribution in [2.45, 2.75) is 19.3 Å². The number of nitrogens with zero attached hydrogens (tertiary/aromatic N) is 1. The zero-order valence-corrected chi connectivity index (χ0v) is 11.2. The minimum Gasteiger partial charge on any atom is -0.447 e. The molecule has 1 atom stereocenters. The molecule has 104 valence electrons. The third-order valence-electron chi connectivity index (χ3n) is 3.93. The number of imide groups is 1. The van der Waals surface area contributed by atoms with Gasteiger partial charge >= 0.3 is 6.09 Å². The fourth-order valence-corrected chi connectivity index (χ4v) is 2.79. The topological polar surface area (TPSA) is 46.6 Å². The van der Waals surface area contributed by atoms with Crippen molar-refractivity contribution in [3.05, 3.63) is 42.0 Å². The van der Waals surface area contributed by atoms with Crippen LogP contribution in [0.5, 0.6) is 0 Å². The lowest BCUT2D eigenvalue weighted by Gasteiger charge is -2.23. The molecule has 0 spiro atoms. The number of hydrogen-bond donors (Lipinski definition) is 0. The maximum absolute atomic E-state index is 12.2. The summed E-state index contributed by atoms with van der Waals surface area (Å²) in [4.78, 5) is 24.9. The molecule has 1 aliphatic heterocycles. The Morgan fingerprint density at radius 3 is 2.65 bits per heavy atom. The van der Waals surface area contributed by atoms with Gasteiger partial charge in [-0.3, -0.25) is 4.79 Å². The number of ether oxygens (including phenoxy) is 1. The molecular weight excluding hydrogens is 254 g/mol. The smallest absolute Gasteiger partial charge is 0.416 e. The molecule has 0 radical (unpaired) electrons. The van der Waals surface area contributed by atoms with E-state index < -0.39 is 6.09 Å². The van der Waals surface area contributed by atoms with Crippen LogP contribution >= 0.6 is 0 Å². The van der Waals surface area contributed by atoms with Crippen LogP contribution in [-0.2, 0) is 9.53 Å². The standard InChI is InChI=1S/C16H17NO3/c18-15(17-10-11-20-16(17)19)14-8-6-13(7-9-14)12-4-2-1-3-5-12/h1-6,14H,7-11H2. The summed E-state index contributed by atoms with van der Waals surface area (Å²) < 4.78 is 4.82. The van der Waals surface area contributed by atoms with Crippen LogP contribution < -0.4 is 0 Å². The first kappa shape index (κ1) is 12.9. The number of amides is 2. The Bertz CT molecular complexity index is 550. The Balaban J connectivity index is 1.67. The molecule has 1 heterocycles. The maximum atomic E-state index is 12.2. The summed E-state index contributed by atoms with van der Waals surface area (Å²) in [5, 5.41) is 0. The van der Waals surface area contributed by atoms with Gasteiger partial charge in [-0.25, -0.2) is 9.69 Å². The van der Waals surface area contributed by atoms with Gasteiger partial charge in [-0.15, -0.1) is 0 Å². The third-order valence-corrected chi connectivity index (χ3v) is 3.93. The van der Waals surface area contributed by atoms with Crippen molar-refractivity contribution in [2.24, 2.45) is 5.92 Å². The summed E-state index contributed by atoms with van der Waals surface area (Å²) in [7, 11) is 0. The van der Waals surface area contributed by atoms with Crippen LogP contribution in [0.2, 0.25) is 0 Å². The molecule has 4 nitrogen and oxygen atoms in total. The molecule has 1 fully saturated rings. The van der Waals surface area contributed by atoms with Crippen molar-refractivity contribution >= 4 is 17.6 Å². The zero-order valence-electron chi connectivity index (χ0n) is 11.2. The van der Waals surface area contributed by atoms with Crippen LogP contribution in [0.15, 0.2) is 36.4 Å². The van der Waals surface area contributed by atoms with Gasteiger partial charge in [-0.2, -0.15) is 0 Å². The van der Waals surface area contributed by atoms with Crippen LogP contribution in [0.25, 0.3) is 5.57 Å². The van der Waals surface area contributed by atoms with Gasteiger partial charge in [0.15, 0.2) is 0 Å². The fourth-order valence-electron chi connectivity index (χ4n) is 2.79. The Morgan fingerprint density at radius 2 is 2.05 bits per heavy atom. The number of allylic oxidation sites excluding steroid dienone is 2. The number of carbonyl (C=O) groups excluding carboxylic acids is 2. The summed E-state index contributed by atoms with van der Waals surface area (Å²) in [5.41, 5.74) is 2.51. The van der Waals surface area contributed by atoms with Crippen molar-refractivity contribution in [3.63, 3.8) is 0 Å². The molecule has 2 aliphatic rings. The Hall–Kier alpha value is -2.10. The molecule has 1 unspecified atom stereocenters. The van der Waals surface area contributed by atoms with E-state index in [0.29, 0.717) is 19.6 Å². The van der Waals surface area contributed by atoms with E-state index in [1.54, 1.807) is 0 Å². The summed E-state index contributed by atoms with van der Waals surface area (Å²) in [5.74, 6) is -0.177. The van der Waals surface area contributed by atoms with E-state index in [-0.39, 0.29) is 11.8 Å². The number of benzene rings is 1. The Kier molecular flexibility index (Phi) is 3.54. The normalized spacial score (nSPS) is 22.4. The highest BCUT2D eigenvalue weighted by Crippen LogP contribution is 2.31. The van der Waals surface area contributed by atoms with Crippen molar-refractivity contribution < 1.29 is 14.3 Å². The van der Waals surface area contributed by atoms with Crippen LogP contribution in [0.1, 0.15) is 24.8 Å². The van der Waals surface area contributed by atoms with Gasteiger partial charge in [-0.05, 0) is 30.4 Å². The second-order valence-electron chi connectivity index (χ2n) is 5.17. The van der Waals surface area contributed by atoms with Crippen LogP contribution in [0.4, 0.5) is 4.79 Å². The Morgan fingerprint density at radius 1 is 1.25 bits per heavy atom. The van der Waals surface area contributed by atoms with E-state index in [0.717, 1.165) is 12.8 Å². The highest BCUT2D eigenvalue weighted by molar-refractivity contribution is 5.94. The minimum absolute atomic E-state index is 0.0872. The monoisotopic (exact) mass is 271 g/mol. The van der Waals surface area contributed by atoms with E-state index in [1.165, 1.54) is 16.0 Å². The van der Waals surface area contributed by atoms with E-state index >= 15 is 0 Å². The quantitative estimate of drug-likeness (QED) is 0.831. The highest BCUT2D eigenvalue weighted by Gasteiger charge is 2.33. The van der Waals surface area contributed by atoms with Crippen molar-refractivity contribution in [1.29, 1.82) is 0 Å². The molecule has 0 aromatic heterocycles. The van der Waals surface area contributed by atoms with E-state index in [4.69, 9.17) is 4.74 Å².